The molecule has 1 aromatic rings. The molecule has 0 bridgehead atoms. The van der Waals surface area contributed by atoms with E-state index in [4.69, 9.17) is 4.74 Å². The summed E-state index contributed by atoms with van der Waals surface area (Å²) in [5.41, 5.74) is 1.26. The summed E-state index contributed by atoms with van der Waals surface area (Å²) in [6.07, 6.45) is 2.68. The largest absolute Gasteiger partial charge is 0.490 e. The van der Waals surface area contributed by atoms with Gasteiger partial charge in [0.15, 0.2) is 0 Å². The van der Waals surface area contributed by atoms with E-state index >= 15 is 0 Å². The Morgan fingerprint density at radius 1 is 1.36 bits per heavy atom. The molecule has 3 heteroatoms. The minimum absolute atomic E-state index is 0.770. The number of benzene rings is 1. The number of ether oxygens (including phenoxy) is 1. The van der Waals surface area contributed by atoms with Crippen molar-refractivity contribution in [2.75, 3.05) is 18.1 Å². The molecule has 1 saturated carbocycles. The van der Waals surface area contributed by atoms with Crippen molar-refractivity contribution in [2.24, 2.45) is 0 Å². The zero-order valence-corrected chi connectivity index (χ0v) is 9.46. The minimum atomic E-state index is 0.770. The maximum Gasteiger partial charge on any atom is 0.142 e. The van der Waals surface area contributed by atoms with Gasteiger partial charge in [-0.05, 0) is 31.0 Å². The molecule has 0 radical (unpaired) electrons. The average Bonchev–Trinajstić information content (AvgIpc) is 3.00. The third-order valence-electron chi connectivity index (χ3n) is 2.81. The molecule has 0 unspecified atom stereocenters. The van der Waals surface area contributed by atoms with Gasteiger partial charge < -0.3 is 9.64 Å². The Bertz CT molecular complexity index is 362. The summed E-state index contributed by atoms with van der Waals surface area (Å²) >= 11 is 3.51. The van der Waals surface area contributed by atoms with Crippen LogP contribution in [0.15, 0.2) is 22.7 Å². The molecule has 1 aromatic carbocycles. The molecule has 3 rings (SSSR count). The third-order valence-corrected chi connectivity index (χ3v) is 3.30. The van der Waals surface area contributed by atoms with Crippen LogP contribution in [0.2, 0.25) is 0 Å². The Morgan fingerprint density at radius 2 is 2.21 bits per heavy atom. The van der Waals surface area contributed by atoms with Crippen molar-refractivity contribution in [3.05, 3.63) is 22.7 Å². The number of fused-ring (bicyclic) bond motifs is 1. The maximum absolute atomic E-state index is 5.62. The average molecular weight is 254 g/mol. The van der Waals surface area contributed by atoms with Crippen LogP contribution in [-0.4, -0.2) is 19.2 Å². The highest BCUT2D eigenvalue weighted by atomic mass is 79.9. The fraction of sp³-hybridized carbons (Fsp3) is 0.455. The fourth-order valence-corrected chi connectivity index (χ4v) is 2.33. The van der Waals surface area contributed by atoms with Gasteiger partial charge in [-0.15, -0.1) is 0 Å². The van der Waals surface area contributed by atoms with Crippen molar-refractivity contribution < 1.29 is 4.74 Å². The molecule has 74 valence electrons. The second-order valence-electron chi connectivity index (χ2n) is 3.89. The topological polar surface area (TPSA) is 12.5 Å². The molecule has 1 heterocycles. The van der Waals surface area contributed by atoms with Crippen LogP contribution >= 0.6 is 15.9 Å². The van der Waals surface area contributed by atoms with Gasteiger partial charge in [0.1, 0.15) is 12.4 Å². The summed E-state index contributed by atoms with van der Waals surface area (Å²) in [6, 6.07) is 7.02. The van der Waals surface area contributed by atoms with Gasteiger partial charge in [0, 0.05) is 10.5 Å². The van der Waals surface area contributed by atoms with Crippen LogP contribution in [0.3, 0.4) is 0 Å². The summed E-state index contributed by atoms with van der Waals surface area (Å²) in [5.74, 6) is 1.03. The lowest BCUT2D eigenvalue weighted by Gasteiger charge is -2.31. The number of anilines is 1. The molecule has 0 aromatic heterocycles. The van der Waals surface area contributed by atoms with E-state index in [1.165, 1.54) is 18.5 Å². The number of nitrogens with zero attached hydrogens (tertiary/aromatic N) is 1. The van der Waals surface area contributed by atoms with Gasteiger partial charge in [0.25, 0.3) is 0 Å². The molecule has 14 heavy (non-hydrogen) atoms. The highest BCUT2D eigenvalue weighted by Crippen LogP contribution is 2.40. The van der Waals surface area contributed by atoms with Crippen molar-refractivity contribution >= 4 is 21.6 Å². The SMILES string of the molecule is Brc1ccc2c(c1)N(C1CC1)CCO2. The molecule has 1 fully saturated rings. The van der Waals surface area contributed by atoms with Gasteiger partial charge in [0.2, 0.25) is 0 Å². The smallest absolute Gasteiger partial charge is 0.142 e. The second kappa shape index (κ2) is 3.16. The molecular weight excluding hydrogens is 242 g/mol. The Morgan fingerprint density at radius 3 is 3.00 bits per heavy atom. The third kappa shape index (κ3) is 1.40. The van der Waals surface area contributed by atoms with Crippen molar-refractivity contribution in [1.82, 2.24) is 0 Å². The second-order valence-corrected chi connectivity index (χ2v) is 4.80. The van der Waals surface area contributed by atoms with E-state index in [0.29, 0.717) is 0 Å². The van der Waals surface area contributed by atoms with Crippen molar-refractivity contribution in [2.45, 2.75) is 18.9 Å². The lowest BCUT2D eigenvalue weighted by atomic mass is 10.2. The zero-order chi connectivity index (χ0) is 9.54. The summed E-state index contributed by atoms with van der Waals surface area (Å²) < 4.78 is 6.76. The number of hydrogen-bond donors (Lipinski definition) is 0. The van der Waals surface area contributed by atoms with E-state index in [1.807, 2.05) is 12.1 Å². The predicted octanol–water partition coefficient (Wildman–Crippen LogP) is 2.81. The van der Waals surface area contributed by atoms with Crippen LogP contribution in [0.1, 0.15) is 12.8 Å². The predicted molar refractivity (Wildman–Crippen MR) is 60.0 cm³/mol. The summed E-state index contributed by atoms with van der Waals surface area (Å²) in [7, 11) is 0. The Kier molecular flexibility index (Phi) is 1.94. The molecular formula is C11H12BrNO. The van der Waals surface area contributed by atoms with Crippen LogP contribution in [0.25, 0.3) is 0 Å². The van der Waals surface area contributed by atoms with Crippen LogP contribution in [-0.2, 0) is 0 Å². The summed E-state index contributed by atoms with van der Waals surface area (Å²) in [5, 5.41) is 0. The molecule has 0 atom stereocenters. The highest BCUT2D eigenvalue weighted by molar-refractivity contribution is 9.10. The molecule has 1 aliphatic carbocycles. The highest BCUT2D eigenvalue weighted by Gasteiger charge is 2.32. The van der Waals surface area contributed by atoms with Crippen LogP contribution < -0.4 is 9.64 Å². The first-order valence-electron chi connectivity index (χ1n) is 5.03. The van der Waals surface area contributed by atoms with E-state index in [9.17, 15) is 0 Å². The lowest BCUT2D eigenvalue weighted by molar-refractivity contribution is 0.306. The molecule has 0 amide bonds. The van der Waals surface area contributed by atoms with Crippen LogP contribution in [0.5, 0.6) is 5.75 Å². The van der Waals surface area contributed by atoms with Gasteiger partial charge in [-0.25, -0.2) is 0 Å². The van der Waals surface area contributed by atoms with E-state index < -0.39 is 0 Å². The first-order valence-corrected chi connectivity index (χ1v) is 5.83. The number of hydrogen-bond acceptors (Lipinski definition) is 2. The minimum Gasteiger partial charge on any atom is -0.490 e. The molecule has 0 N–H and O–H groups in total. The lowest BCUT2D eigenvalue weighted by Crippen LogP contribution is -2.34. The van der Waals surface area contributed by atoms with Gasteiger partial charge in [-0.2, -0.15) is 0 Å². The van der Waals surface area contributed by atoms with Crippen molar-refractivity contribution in [3.63, 3.8) is 0 Å². The zero-order valence-electron chi connectivity index (χ0n) is 7.87. The maximum atomic E-state index is 5.62. The van der Waals surface area contributed by atoms with E-state index in [2.05, 4.69) is 26.9 Å². The van der Waals surface area contributed by atoms with Crippen LogP contribution in [0.4, 0.5) is 5.69 Å². The molecule has 0 saturated heterocycles. The molecule has 0 spiro atoms. The first-order chi connectivity index (χ1) is 6.84. The standard InChI is InChI=1S/C11H12BrNO/c12-8-1-4-11-10(7-8)13(5-6-14-11)9-2-3-9/h1,4,7,9H,2-3,5-6H2. The van der Waals surface area contributed by atoms with Gasteiger partial charge in [-0.1, -0.05) is 15.9 Å². The number of rotatable bonds is 1. The Balaban J connectivity index is 2.02. The van der Waals surface area contributed by atoms with Gasteiger partial charge in [-0.3, -0.25) is 0 Å². The quantitative estimate of drug-likeness (QED) is 0.764. The summed E-state index contributed by atoms with van der Waals surface area (Å²) in [6.45, 7) is 1.86. The fourth-order valence-electron chi connectivity index (χ4n) is 1.98. The van der Waals surface area contributed by atoms with Crippen molar-refractivity contribution in [3.8, 4) is 5.75 Å². The molecule has 2 aliphatic rings. The summed E-state index contributed by atoms with van der Waals surface area (Å²) in [4.78, 5) is 2.48. The molecule has 2 nitrogen and oxygen atoms in total. The van der Waals surface area contributed by atoms with Crippen LogP contribution in [0, 0.1) is 0 Å². The first kappa shape index (κ1) is 8.60. The normalized spacial score (nSPS) is 20.2. The van der Waals surface area contributed by atoms with Crippen molar-refractivity contribution in [1.29, 1.82) is 0 Å². The molecule has 1 aliphatic heterocycles. The Hall–Kier alpha value is -0.700. The number of halogens is 1. The monoisotopic (exact) mass is 253 g/mol. The van der Waals surface area contributed by atoms with E-state index in [-0.39, 0.29) is 0 Å². The van der Waals surface area contributed by atoms with Gasteiger partial charge in [0.05, 0.1) is 12.2 Å². The van der Waals surface area contributed by atoms with Gasteiger partial charge >= 0.3 is 0 Å². The van der Waals surface area contributed by atoms with E-state index in [1.54, 1.807) is 0 Å². The van der Waals surface area contributed by atoms with E-state index in [0.717, 1.165) is 29.4 Å². The Labute approximate surface area is 92.0 Å².